The highest BCUT2D eigenvalue weighted by Crippen LogP contribution is 2.42. The number of ether oxygens (including phenoxy) is 1. The van der Waals surface area contributed by atoms with E-state index < -0.39 is 72.2 Å². The smallest absolute Gasteiger partial charge is 0.307 e. The Kier molecular flexibility index (Phi) is 9.88. The molecule has 3 atom stereocenters. The molecule has 1 saturated carbocycles. The second-order valence-corrected chi connectivity index (χ2v) is 12.2. The first-order valence-electron chi connectivity index (χ1n) is 15.6. The Balaban J connectivity index is 1.39. The highest BCUT2D eigenvalue weighted by molar-refractivity contribution is 6.23. The van der Waals surface area contributed by atoms with Crippen molar-refractivity contribution in [1.82, 2.24) is 15.5 Å². The van der Waals surface area contributed by atoms with Crippen molar-refractivity contribution >= 4 is 40.4 Å². The fourth-order valence-electron chi connectivity index (χ4n) is 6.70. The van der Waals surface area contributed by atoms with Crippen LogP contribution in [0.15, 0.2) is 60.7 Å². The molecule has 0 aromatic heterocycles. The molecule has 248 valence electrons. The van der Waals surface area contributed by atoms with Gasteiger partial charge in [0.25, 0.3) is 11.8 Å². The van der Waals surface area contributed by atoms with Gasteiger partial charge in [-0.2, -0.15) is 0 Å². The van der Waals surface area contributed by atoms with Crippen LogP contribution in [-0.4, -0.2) is 72.3 Å². The molecule has 3 aromatic carbocycles. The zero-order valence-electron chi connectivity index (χ0n) is 26.1. The molecule has 1 fully saturated rings. The molecule has 0 bridgehead atoms. The fraction of sp³-hybridized carbons (Fsp3) is 0.400. The molecule has 1 aliphatic carbocycles. The van der Waals surface area contributed by atoms with Crippen molar-refractivity contribution in [2.45, 2.75) is 50.5 Å². The Labute approximate surface area is 270 Å². The molecule has 5 rings (SSSR count). The van der Waals surface area contributed by atoms with Crippen LogP contribution >= 0.6 is 0 Å². The van der Waals surface area contributed by atoms with Gasteiger partial charge in [0.05, 0.1) is 30.1 Å². The van der Waals surface area contributed by atoms with Gasteiger partial charge in [-0.15, -0.1) is 0 Å². The van der Waals surface area contributed by atoms with Crippen molar-refractivity contribution in [1.29, 1.82) is 0 Å². The van der Waals surface area contributed by atoms with Crippen LogP contribution in [0, 0.1) is 17.8 Å². The minimum absolute atomic E-state index is 0.0754. The predicted molar refractivity (Wildman–Crippen MR) is 168 cm³/mol. The van der Waals surface area contributed by atoms with Gasteiger partial charge in [0.2, 0.25) is 17.7 Å². The van der Waals surface area contributed by atoms with E-state index in [1.807, 2.05) is 24.3 Å². The molecule has 12 heteroatoms. The molecule has 0 spiro atoms. The van der Waals surface area contributed by atoms with E-state index in [1.165, 1.54) is 14.2 Å². The number of alkyl halides is 2. The maximum Gasteiger partial charge on any atom is 0.307 e. The number of nitrogens with zero attached hydrogens (tertiary/aromatic N) is 1. The van der Waals surface area contributed by atoms with E-state index in [2.05, 4.69) is 10.6 Å². The lowest BCUT2D eigenvalue weighted by molar-refractivity contribution is -0.151. The van der Waals surface area contributed by atoms with Crippen molar-refractivity contribution in [3.8, 4) is 5.75 Å². The normalized spacial score (nSPS) is 17.9. The minimum atomic E-state index is -2.93. The Morgan fingerprint density at radius 1 is 0.957 bits per heavy atom. The van der Waals surface area contributed by atoms with Gasteiger partial charge >= 0.3 is 5.97 Å². The fourth-order valence-corrected chi connectivity index (χ4v) is 6.70. The number of carbonyl (C=O) groups excluding carboxylic acids is 4. The Bertz CT molecular complexity index is 1630. The van der Waals surface area contributed by atoms with Crippen LogP contribution in [-0.2, 0) is 20.8 Å². The number of methoxy groups -OCH3 is 1. The highest BCUT2D eigenvalue weighted by atomic mass is 19.3. The molecule has 0 saturated heterocycles. The third-order valence-corrected chi connectivity index (χ3v) is 9.30. The molecule has 1 heterocycles. The molecule has 3 N–H and O–H groups in total. The number of carbonyl (C=O) groups is 5. The van der Waals surface area contributed by atoms with Gasteiger partial charge in [-0.1, -0.05) is 36.4 Å². The number of aliphatic carboxylic acids is 1. The number of benzene rings is 3. The number of carboxylic acid groups (broad SMARTS) is 1. The van der Waals surface area contributed by atoms with E-state index in [9.17, 15) is 37.9 Å². The number of hydrogen-bond acceptors (Lipinski definition) is 6. The van der Waals surface area contributed by atoms with E-state index in [0.717, 1.165) is 15.7 Å². The molecule has 3 unspecified atom stereocenters. The third kappa shape index (κ3) is 7.26. The average Bonchev–Trinajstić information content (AvgIpc) is 3.29. The van der Waals surface area contributed by atoms with Crippen molar-refractivity contribution in [3.05, 3.63) is 77.4 Å². The summed E-state index contributed by atoms with van der Waals surface area (Å²) in [5, 5.41) is 17.1. The first-order valence-corrected chi connectivity index (χ1v) is 15.6. The van der Waals surface area contributed by atoms with Gasteiger partial charge in [-0.05, 0) is 65.8 Å². The first-order chi connectivity index (χ1) is 22.4. The number of likely N-dealkylation sites (N-methyl/N-ethyl adjacent to an activating group) is 1. The van der Waals surface area contributed by atoms with Gasteiger partial charge in [0.1, 0.15) is 11.8 Å². The number of fused-ring (bicyclic) bond motifs is 2. The predicted octanol–water partition coefficient (Wildman–Crippen LogP) is 4.45. The van der Waals surface area contributed by atoms with Crippen molar-refractivity contribution in [2.24, 2.45) is 17.8 Å². The number of amides is 4. The van der Waals surface area contributed by atoms with Crippen LogP contribution in [0.25, 0.3) is 10.8 Å². The second-order valence-electron chi connectivity index (χ2n) is 12.2. The molecule has 10 nitrogen and oxygen atoms in total. The van der Waals surface area contributed by atoms with Crippen molar-refractivity contribution < 1.29 is 42.6 Å². The van der Waals surface area contributed by atoms with E-state index >= 15 is 0 Å². The summed E-state index contributed by atoms with van der Waals surface area (Å²) >= 11 is 0. The van der Waals surface area contributed by atoms with E-state index in [1.54, 1.807) is 36.4 Å². The Morgan fingerprint density at radius 3 is 2.04 bits per heavy atom. The Morgan fingerprint density at radius 2 is 1.53 bits per heavy atom. The lowest BCUT2D eigenvalue weighted by Gasteiger charge is -2.36. The molecular formula is C35H37F2N3O7. The number of nitrogens with one attached hydrogen (secondary N) is 2. The van der Waals surface area contributed by atoms with Crippen LogP contribution in [0.3, 0.4) is 0 Å². The number of imide groups is 1. The van der Waals surface area contributed by atoms with Crippen LogP contribution in [0.4, 0.5) is 8.78 Å². The van der Waals surface area contributed by atoms with Crippen molar-refractivity contribution in [3.63, 3.8) is 0 Å². The second kappa shape index (κ2) is 13.9. The largest absolute Gasteiger partial charge is 0.497 e. The summed E-state index contributed by atoms with van der Waals surface area (Å²) in [7, 11) is 2.92. The topological polar surface area (TPSA) is 142 Å². The molecule has 4 amide bonds. The molecular weight excluding hydrogens is 612 g/mol. The molecule has 3 aromatic rings. The quantitative estimate of drug-likeness (QED) is 0.246. The highest BCUT2D eigenvalue weighted by Gasteiger charge is 2.46. The van der Waals surface area contributed by atoms with E-state index in [0.29, 0.717) is 11.3 Å². The summed E-state index contributed by atoms with van der Waals surface area (Å²) in [6, 6.07) is 16.3. The van der Waals surface area contributed by atoms with Crippen LogP contribution in [0.5, 0.6) is 5.75 Å². The monoisotopic (exact) mass is 649 g/mol. The number of hydrogen-bond donors (Lipinski definition) is 3. The molecule has 0 radical (unpaired) electrons. The maximum absolute atomic E-state index is 14.2. The Hall–Kier alpha value is -4.87. The van der Waals surface area contributed by atoms with Gasteiger partial charge in [0, 0.05) is 32.9 Å². The van der Waals surface area contributed by atoms with E-state index in [-0.39, 0.29) is 43.4 Å². The summed E-state index contributed by atoms with van der Waals surface area (Å²) in [5.74, 6) is -9.58. The summed E-state index contributed by atoms with van der Waals surface area (Å²) in [5.41, 5.74) is 1.11. The van der Waals surface area contributed by atoms with Gasteiger partial charge in [-0.25, -0.2) is 8.78 Å². The van der Waals surface area contributed by atoms with Gasteiger partial charge < -0.3 is 20.5 Å². The maximum atomic E-state index is 14.2. The lowest BCUT2D eigenvalue weighted by Crippen LogP contribution is -2.52. The molecule has 47 heavy (non-hydrogen) atoms. The number of halogens is 2. The summed E-state index contributed by atoms with van der Waals surface area (Å²) in [6.45, 7) is -0.295. The standard InChI is InChI=1S/C35H37F2N3O7/c1-38-30(41)28(17-20-7-9-24(47-2)10-8-20)39-31(42)29(21-11-14-35(36,37)15-12-21)25(34(45)46)13-16-40-32(43)26-18-22-5-3-4-6-23(22)19-27(26)33(40)44/h3-10,18-19,21,25,28-29H,11-17H2,1-2H3,(H,38,41)(H,39,42)(H,45,46). The molecule has 2 aliphatic rings. The van der Waals surface area contributed by atoms with Gasteiger partial charge in [-0.3, -0.25) is 28.9 Å². The van der Waals surface area contributed by atoms with Crippen LogP contribution in [0.1, 0.15) is 58.4 Å². The van der Waals surface area contributed by atoms with Crippen molar-refractivity contribution in [2.75, 3.05) is 20.7 Å². The average molecular weight is 650 g/mol. The lowest BCUT2D eigenvalue weighted by atomic mass is 9.71. The summed E-state index contributed by atoms with van der Waals surface area (Å²) in [4.78, 5) is 67.3. The number of carboxylic acids is 1. The third-order valence-electron chi connectivity index (χ3n) is 9.30. The zero-order valence-corrected chi connectivity index (χ0v) is 26.1. The summed E-state index contributed by atoms with van der Waals surface area (Å²) < 4.78 is 33.5. The minimum Gasteiger partial charge on any atom is -0.497 e. The van der Waals surface area contributed by atoms with E-state index in [4.69, 9.17) is 4.74 Å². The van der Waals surface area contributed by atoms with Gasteiger partial charge in [0.15, 0.2) is 0 Å². The molecule has 1 aliphatic heterocycles. The van der Waals surface area contributed by atoms with Crippen LogP contribution in [0.2, 0.25) is 0 Å². The zero-order chi connectivity index (χ0) is 33.9. The SMILES string of the molecule is CNC(=O)C(Cc1ccc(OC)cc1)NC(=O)C(C1CCC(F)(F)CC1)C(CCN1C(=O)c2cc3ccccc3cc2C1=O)C(=O)O. The van der Waals surface area contributed by atoms with Crippen LogP contribution < -0.4 is 15.4 Å². The number of rotatable bonds is 12. The summed E-state index contributed by atoms with van der Waals surface area (Å²) in [6.07, 6.45) is -1.43. The first kappa shape index (κ1) is 33.5.